The van der Waals surface area contributed by atoms with Gasteiger partial charge in [0.2, 0.25) is 5.91 Å². The first-order valence-corrected chi connectivity index (χ1v) is 10.8. The molecule has 2 N–H and O–H groups in total. The van der Waals surface area contributed by atoms with Crippen LogP contribution in [0, 0.1) is 5.92 Å². The van der Waals surface area contributed by atoms with E-state index in [1.54, 1.807) is 6.07 Å². The molecule has 2 heterocycles. The molecular formula is C22H27N3O3S. The van der Waals surface area contributed by atoms with Gasteiger partial charge in [0.15, 0.2) is 0 Å². The average molecular weight is 414 g/mol. The molecule has 1 aliphatic heterocycles. The number of piperidine rings is 1. The Morgan fingerprint density at radius 2 is 1.69 bits per heavy atom. The monoisotopic (exact) mass is 413 g/mol. The van der Waals surface area contributed by atoms with Crippen molar-refractivity contribution >= 4 is 29.1 Å². The fourth-order valence-corrected chi connectivity index (χ4v) is 4.22. The molecule has 1 atom stereocenters. The minimum Gasteiger partial charge on any atom is -0.352 e. The van der Waals surface area contributed by atoms with E-state index >= 15 is 0 Å². The van der Waals surface area contributed by atoms with E-state index in [4.69, 9.17) is 0 Å². The highest BCUT2D eigenvalue weighted by molar-refractivity contribution is 7.12. The molecule has 0 radical (unpaired) electrons. The predicted molar refractivity (Wildman–Crippen MR) is 114 cm³/mol. The zero-order chi connectivity index (χ0) is 20.8. The van der Waals surface area contributed by atoms with E-state index in [0.29, 0.717) is 36.4 Å². The predicted octanol–water partition coefficient (Wildman–Crippen LogP) is 2.92. The minimum atomic E-state index is -0.610. The van der Waals surface area contributed by atoms with Crippen LogP contribution in [0.4, 0.5) is 0 Å². The molecule has 0 bridgehead atoms. The Hall–Kier alpha value is -2.67. The second-order valence-electron chi connectivity index (χ2n) is 7.59. The molecule has 1 saturated heterocycles. The smallest absolute Gasteiger partial charge is 0.262 e. The highest BCUT2D eigenvalue weighted by atomic mass is 32.1. The van der Waals surface area contributed by atoms with Crippen molar-refractivity contribution in [3.05, 3.63) is 58.3 Å². The van der Waals surface area contributed by atoms with Gasteiger partial charge in [-0.3, -0.25) is 14.4 Å². The summed E-state index contributed by atoms with van der Waals surface area (Å²) in [5, 5.41) is 7.68. The van der Waals surface area contributed by atoms with Crippen molar-refractivity contribution in [1.82, 2.24) is 15.5 Å². The molecule has 0 saturated carbocycles. The molecule has 1 unspecified atom stereocenters. The minimum absolute atomic E-state index is 0.00912. The molecule has 3 amide bonds. The lowest BCUT2D eigenvalue weighted by Crippen LogP contribution is -2.54. The molecule has 1 fully saturated rings. The highest BCUT2D eigenvalue weighted by Gasteiger charge is 2.34. The summed E-state index contributed by atoms with van der Waals surface area (Å²) in [6.45, 7) is 4.94. The molecule has 1 aliphatic rings. The Balaban J connectivity index is 1.66. The van der Waals surface area contributed by atoms with Gasteiger partial charge < -0.3 is 15.5 Å². The van der Waals surface area contributed by atoms with Gasteiger partial charge in [-0.05, 0) is 56.2 Å². The SMILES string of the molecule is CC(C)NC(=O)C(NC(=O)c1cccs1)C1CCN(C(=O)c2ccccc2)CC1. The molecule has 3 rings (SSSR count). The van der Waals surface area contributed by atoms with Crippen molar-refractivity contribution in [2.75, 3.05) is 13.1 Å². The molecule has 1 aromatic heterocycles. The maximum Gasteiger partial charge on any atom is 0.262 e. The number of thiophene rings is 1. The van der Waals surface area contributed by atoms with Crippen LogP contribution in [-0.2, 0) is 4.79 Å². The number of carbonyl (C=O) groups is 3. The van der Waals surface area contributed by atoms with Crippen LogP contribution in [-0.4, -0.2) is 47.8 Å². The van der Waals surface area contributed by atoms with E-state index in [2.05, 4.69) is 10.6 Å². The summed E-state index contributed by atoms with van der Waals surface area (Å²) in [6, 6.07) is 12.2. The largest absolute Gasteiger partial charge is 0.352 e. The van der Waals surface area contributed by atoms with Gasteiger partial charge in [-0.1, -0.05) is 24.3 Å². The van der Waals surface area contributed by atoms with Crippen LogP contribution < -0.4 is 10.6 Å². The van der Waals surface area contributed by atoms with Gasteiger partial charge in [-0.15, -0.1) is 11.3 Å². The molecule has 0 spiro atoms. The number of hydrogen-bond donors (Lipinski definition) is 2. The Morgan fingerprint density at radius 3 is 2.28 bits per heavy atom. The van der Waals surface area contributed by atoms with Gasteiger partial charge in [0.25, 0.3) is 11.8 Å². The summed E-state index contributed by atoms with van der Waals surface area (Å²) in [5.74, 6) is -0.406. The van der Waals surface area contributed by atoms with E-state index in [1.165, 1.54) is 11.3 Å². The summed E-state index contributed by atoms with van der Waals surface area (Å²) < 4.78 is 0. The lowest BCUT2D eigenvalue weighted by atomic mass is 9.88. The number of likely N-dealkylation sites (tertiary alicyclic amines) is 1. The number of carbonyl (C=O) groups excluding carboxylic acids is 3. The summed E-state index contributed by atoms with van der Waals surface area (Å²) in [4.78, 5) is 40.4. The molecular weight excluding hydrogens is 386 g/mol. The molecule has 7 heteroatoms. The fourth-order valence-electron chi connectivity index (χ4n) is 3.59. The Bertz CT molecular complexity index is 828. The zero-order valence-electron chi connectivity index (χ0n) is 16.8. The van der Waals surface area contributed by atoms with Crippen molar-refractivity contribution in [1.29, 1.82) is 0 Å². The number of hydrogen-bond acceptors (Lipinski definition) is 4. The van der Waals surface area contributed by atoms with Crippen LogP contribution in [0.2, 0.25) is 0 Å². The normalized spacial score (nSPS) is 15.8. The third kappa shape index (κ3) is 5.44. The van der Waals surface area contributed by atoms with Crippen LogP contribution in [0.3, 0.4) is 0 Å². The van der Waals surface area contributed by atoms with Crippen LogP contribution in [0.1, 0.15) is 46.7 Å². The van der Waals surface area contributed by atoms with Crippen LogP contribution in [0.25, 0.3) is 0 Å². The first kappa shape index (κ1) is 21.0. The van der Waals surface area contributed by atoms with Crippen LogP contribution >= 0.6 is 11.3 Å². The van der Waals surface area contributed by atoms with E-state index in [0.717, 1.165) is 0 Å². The first-order valence-electron chi connectivity index (χ1n) is 9.94. The third-order valence-electron chi connectivity index (χ3n) is 5.06. The number of nitrogens with one attached hydrogen (secondary N) is 2. The molecule has 29 heavy (non-hydrogen) atoms. The zero-order valence-corrected chi connectivity index (χ0v) is 17.6. The summed E-state index contributed by atoms with van der Waals surface area (Å²) in [6.07, 6.45) is 1.33. The van der Waals surface area contributed by atoms with Crippen molar-refractivity contribution in [3.8, 4) is 0 Å². The van der Waals surface area contributed by atoms with E-state index in [-0.39, 0.29) is 29.7 Å². The maximum atomic E-state index is 12.8. The lowest BCUT2D eigenvalue weighted by Gasteiger charge is -2.36. The summed E-state index contributed by atoms with van der Waals surface area (Å²) in [7, 11) is 0. The number of benzene rings is 1. The summed E-state index contributed by atoms with van der Waals surface area (Å²) in [5.41, 5.74) is 0.672. The molecule has 6 nitrogen and oxygen atoms in total. The van der Waals surface area contributed by atoms with Gasteiger partial charge in [0.1, 0.15) is 6.04 Å². The highest BCUT2D eigenvalue weighted by Crippen LogP contribution is 2.23. The molecule has 1 aromatic carbocycles. The first-order chi connectivity index (χ1) is 14.0. The van der Waals surface area contributed by atoms with Gasteiger partial charge in [0, 0.05) is 24.7 Å². The van der Waals surface area contributed by atoms with Crippen molar-refractivity contribution in [3.63, 3.8) is 0 Å². The lowest BCUT2D eigenvalue weighted by molar-refractivity contribution is -0.125. The molecule has 2 aromatic rings. The van der Waals surface area contributed by atoms with Gasteiger partial charge in [-0.2, -0.15) is 0 Å². The standard InChI is InChI=1S/C22H27N3O3S/c1-15(2)23-21(27)19(24-20(26)18-9-6-14-29-18)16-10-12-25(13-11-16)22(28)17-7-4-3-5-8-17/h3-9,14-16,19H,10-13H2,1-2H3,(H,23,27)(H,24,26). The van der Waals surface area contributed by atoms with Crippen LogP contribution in [0.5, 0.6) is 0 Å². The van der Waals surface area contributed by atoms with E-state index in [9.17, 15) is 14.4 Å². The number of nitrogens with zero attached hydrogens (tertiary/aromatic N) is 1. The Morgan fingerprint density at radius 1 is 1.00 bits per heavy atom. The number of amides is 3. The van der Waals surface area contributed by atoms with Crippen LogP contribution in [0.15, 0.2) is 47.8 Å². The molecule has 0 aliphatic carbocycles. The maximum absolute atomic E-state index is 12.8. The third-order valence-corrected chi connectivity index (χ3v) is 5.93. The average Bonchev–Trinajstić information content (AvgIpc) is 3.26. The van der Waals surface area contributed by atoms with E-state index in [1.807, 2.05) is 60.5 Å². The summed E-state index contributed by atoms with van der Waals surface area (Å²) >= 11 is 1.35. The van der Waals surface area contributed by atoms with Gasteiger partial charge >= 0.3 is 0 Å². The van der Waals surface area contributed by atoms with E-state index < -0.39 is 6.04 Å². The second kappa shape index (κ2) is 9.69. The second-order valence-corrected chi connectivity index (χ2v) is 8.54. The molecule has 154 valence electrons. The van der Waals surface area contributed by atoms with Gasteiger partial charge in [0.05, 0.1) is 4.88 Å². The number of rotatable bonds is 6. The van der Waals surface area contributed by atoms with Gasteiger partial charge in [-0.25, -0.2) is 0 Å². The van der Waals surface area contributed by atoms with Crippen molar-refractivity contribution < 1.29 is 14.4 Å². The fraction of sp³-hybridized carbons (Fsp3) is 0.409. The Kier molecular flexibility index (Phi) is 7.04. The topological polar surface area (TPSA) is 78.5 Å². The Labute approximate surface area is 175 Å². The van der Waals surface area contributed by atoms with Crippen molar-refractivity contribution in [2.24, 2.45) is 5.92 Å². The van der Waals surface area contributed by atoms with Crippen molar-refractivity contribution in [2.45, 2.75) is 38.8 Å². The quantitative estimate of drug-likeness (QED) is 0.764.